The largest absolute Gasteiger partial charge is 0.480 e. The van der Waals surface area contributed by atoms with Crippen molar-refractivity contribution in [1.82, 2.24) is 5.32 Å². The number of carbonyl (C=O) groups excluding carboxylic acids is 1. The van der Waals surface area contributed by atoms with Gasteiger partial charge in [-0.3, -0.25) is 14.6 Å². The first-order chi connectivity index (χ1) is 10.8. The molecule has 1 aromatic rings. The number of carboxylic acid groups (broad SMARTS) is 1. The van der Waals surface area contributed by atoms with Gasteiger partial charge < -0.3 is 27.6 Å². The molecule has 0 unspecified atom stereocenters. The third-order valence-electron chi connectivity index (χ3n) is 3.39. The van der Waals surface area contributed by atoms with E-state index in [1.54, 1.807) is 24.3 Å². The molecule has 8 nitrogen and oxygen atoms in total. The van der Waals surface area contributed by atoms with Crippen LogP contribution in [0.1, 0.15) is 29.6 Å². The number of aliphatic carboxylic acids is 1. The number of rotatable bonds is 9. The average Bonchev–Trinajstić information content (AvgIpc) is 2.52. The summed E-state index contributed by atoms with van der Waals surface area (Å²) in [5.74, 6) is -1.42. The van der Waals surface area contributed by atoms with Crippen molar-refractivity contribution in [3.63, 3.8) is 0 Å². The second kappa shape index (κ2) is 8.74. The zero-order valence-corrected chi connectivity index (χ0v) is 12.9. The minimum Gasteiger partial charge on any atom is -0.480 e. The standard InChI is InChI=1S/C15H23N5O3/c16-14(17)20-9-4-7-15(18,13(22)23)8-10-19-12(21)11-5-2-1-3-6-11/h1-3,5-6H,4,7-10,18H2,(H,19,21)(H,22,23)(H4,16,17,20)/t15-/m1/s1. The Morgan fingerprint density at radius 2 is 1.83 bits per heavy atom. The number of carboxylic acids is 1. The van der Waals surface area contributed by atoms with Crippen LogP contribution in [0.3, 0.4) is 0 Å². The molecule has 0 aliphatic rings. The Kier molecular flexibility index (Phi) is 7.01. The summed E-state index contributed by atoms with van der Waals surface area (Å²) in [6, 6.07) is 8.67. The summed E-state index contributed by atoms with van der Waals surface area (Å²) in [5.41, 5.74) is 15.4. The number of carbonyl (C=O) groups is 2. The van der Waals surface area contributed by atoms with Crippen LogP contribution < -0.4 is 22.5 Å². The summed E-state index contributed by atoms with van der Waals surface area (Å²) in [6.45, 7) is 0.476. The van der Waals surface area contributed by atoms with E-state index in [9.17, 15) is 14.7 Å². The summed E-state index contributed by atoms with van der Waals surface area (Å²) in [5, 5.41) is 12.0. The number of hydrogen-bond donors (Lipinski definition) is 5. The maximum Gasteiger partial charge on any atom is 0.323 e. The molecular formula is C15H23N5O3. The van der Waals surface area contributed by atoms with Gasteiger partial charge in [0.25, 0.3) is 5.91 Å². The molecule has 0 heterocycles. The maximum absolute atomic E-state index is 11.9. The Labute approximate surface area is 134 Å². The minimum atomic E-state index is -1.43. The fraction of sp³-hybridized carbons (Fsp3) is 0.400. The summed E-state index contributed by atoms with van der Waals surface area (Å²) < 4.78 is 0. The predicted octanol–water partition coefficient (Wildman–Crippen LogP) is -0.358. The van der Waals surface area contributed by atoms with Crippen LogP contribution in [0.15, 0.2) is 35.3 Å². The summed E-state index contributed by atoms with van der Waals surface area (Å²) in [6.07, 6.45) is 0.760. The van der Waals surface area contributed by atoms with Crippen LogP contribution in [0.5, 0.6) is 0 Å². The van der Waals surface area contributed by atoms with Gasteiger partial charge >= 0.3 is 5.97 Å². The van der Waals surface area contributed by atoms with Crippen molar-refractivity contribution < 1.29 is 14.7 Å². The Morgan fingerprint density at radius 1 is 1.17 bits per heavy atom. The number of amides is 1. The lowest BCUT2D eigenvalue weighted by atomic mass is 9.91. The van der Waals surface area contributed by atoms with Gasteiger partial charge in [-0.2, -0.15) is 0 Å². The van der Waals surface area contributed by atoms with E-state index in [1.807, 2.05) is 6.07 Å². The molecule has 8 N–H and O–H groups in total. The van der Waals surface area contributed by atoms with E-state index in [0.717, 1.165) is 0 Å². The fourth-order valence-corrected chi connectivity index (χ4v) is 2.03. The number of guanidine groups is 1. The van der Waals surface area contributed by atoms with E-state index in [4.69, 9.17) is 17.2 Å². The van der Waals surface area contributed by atoms with Gasteiger partial charge in [0.2, 0.25) is 0 Å². The van der Waals surface area contributed by atoms with Crippen LogP contribution in [0, 0.1) is 0 Å². The molecule has 0 saturated heterocycles. The van der Waals surface area contributed by atoms with Crippen LogP contribution in [0.2, 0.25) is 0 Å². The predicted molar refractivity (Wildman–Crippen MR) is 87.9 cm³/mol. The van der Waals surface area contributed by atoms with Gasteiger partial charge in [-0.1, -0.05) is 18.2 Å². The lowest BCUT2D eigenvalue weighted by Crippen LogP contribution is -2.50. The van der Waals surface area contributed by atoms with Crippen LogP contribution in [0.25, 0.3) is 0 Å². The highest BCUT2D eigenvalue weighted by atomic mass is 16.4. The molecule has 1 rings (SSSR count). The van der Waals surface area contributed by atoms with Crippen LogP contribution in [-0.4, -0.2) is 41.6 Å². The van der Waals surface area contributed by atoms with Crippen molar-refractivity contribution >= 4 is 17.8 Å². The molecule has 0 aromatic heterocycles. The molecule has 0 fully saturated rings. The molecule has 1 atom stereocenters. The van der Waals surface area contributed by atoms with Crippen molar-refractivity contribution in [2.24, 2.45) is 22.2 Å². The van der Waals surface area contributed by atoms with Gasteiger partial charge in [0.05, 0.1) is 0 Å². The summed E-state index contributed by atoms with van der Waals surface area (Å²) >= 11 is 0. The Balaban J connectivity index is 2.48. The monoisotopic (exact) mass is 321 g/mol. The number of nitrogens with zero attached hydrogens (tertiary/aromatic N) is 1. The summed E-state index contributed by atoms with van der Waals surface area (Å²) in [4.78, 5) is 27.1. The first-order valence-electron chi connectivity index (χ1n) is 7.26. The van der Waals surface area contributed by atoms with Crippen molar-refractivity contribution in [1.29, 1.82) is 0 Å². The fourth-order valence-electron chi connectivity index (χ4n) is 2.03. The third kappa shape index (κ3) is 6.35. The molecule has 23 heavy (non-hydrogen) atoms. The molecule has 0 spiro atoms. The second-order valence-corrected chi connectivity index (χ2v) is 5.24. The second-order valence-electron chi connectivity index (χ2n) is 5.24. The van der Waals surface area contributed by atoms with Crippen LogP contribution >= 0.6 is 0 Å². The smallest absolute Gasteiger partial charge is 0.323 e. The highest BCUT2D eigenvalue weighted by Crippen LogP contribution is 2.15. The molecule has 0 saturated carbocycles. The average molecular weight is 321 g/mol. The Bertz CT molecular complexity index is 557. The Morgan fingerprint density at radius 3 is 2.39 bits per heavy atom. The number of nitrogens with one attached hydrogen (secondary N) is 1. The molecular weight excluding hydrogens is 298 g/mol. The normalized spacial score (nSPS) is 12.9. The van der Waals surface area contributed by atoms with Crippen molar-refractivity contribution in [3.05, 3.63) is 35.9 Å². The number of aliphatic imine (C=N–C) groups is 1. The van der Waals surface area contributed by atoms with E-state index in [2.05, 4.69) is 10.3 Å². The summed E-state index contributed by atoms with van der Waals surface area (Å²) in [7, 11) is 0. The van der Waals surface area contributed by atoms with Gasteiger partial charge in [-0.15, -0.1) is 0 Å². The highest BCUT2D eigenvalue weighted by molar-refractivity contribution is 5.94. The van der Waals surface area contributed by atoms with Gasteiger partial charge in [0, 0.05) is 18.7 Å². The van der Waals surface area contributed by atoms with Crippen LogP contribution in [-0.2, 0) is 4.79 Å². The zero-order chi connectivity index (χ0) is 17.3. The lowest BCUT2D eigenvalue weighted by molar-refractivity contribution is -0.143. The number of hydrogen-bond acceptors (Lipinski definition) is 4. The van der Waals surface area contributed by atoms with Gasteiger partial charge in [-0.05, 0) is 31.4 Å². The number of benzene rings is 1. The molecule has 1 aromatic carbocycles. The van der Waals surface area contributed by atoms with Crippen molar-refractivity contribution in [3.8, 4) is 0 Å². The minimum absolute atomic E-state index is 0.0435. The molecule has 8 heteroatoms. The van der Waals surface area contributed by atoms with Crippen molar-refractivity contribution in [2.45, 2.75) is 24.8 Å². The first-order valence-corrected chi connectivity index (χ1v) is 7.26. The molecule has 0 aliphatic heterocycles. The first kappa shape index (κ1) is 18.4. The van der Waals surface area contributed by atoms with Crippen molar-refractivity contribution in [2.75, 3.05) is 13.1 Å². The van der Waals surface area contributed by atoms with Crippen LogP contribution in [0.4, 0.5) is 0 Å². The molecule has 126 valence electrons. The molecule has 0 bridgehead atoms. The SMILES string of the molecule is NC(N)=NCCC[C@@](N)(CCNC(=O)c1ccccc1)C(=O)O. The highest BCUT2D eigenvalue weighted by Gasteiger charge is 2.32. The third-order valence-corrected chi connectivity index (χ3v) is 3.39. The van der Waals surface area contributed by atoms with Gasteiger partial charge in [0.1, 0.15) is 5.54 Å². The Hall–Kier alpha value is -2.61. The maximum atomic E-state index is 11.9. The quantitative estimate of drug-likeness (QED) is 0.237. The van der Waals surface area contributed by atoms with E-state index in [1.165, 1.54) is 0 Å². The molecule has 1 amide bonds. The van der Waals surface area contributed by atoms with Gasteiger partial charge in [0.15, 0.2) is 5.96 Å². The van der Waals surface area contributed by atoms with Gasteiger partial charge in [-0.25, -0.2) is 0 Å². The van der Waals surface area contributed by atoms with E-state index in [-0.39, 0.29) is 31.3 Å². The lowest BCUT2D eigenvalue weighted by Gasteiger charge is -2.24. The number of nitrogens with two attached hydrogens (primary N) is 3. The van der Waals surface area contributed by atoms with E-state index >= 15 is 0 Å². The van der Waals surface area contributed by atoms with E-state index < -0.39 is 11.5 Å². The zero-order valence-electron chi connectivity index (χ0n) is 12.9. The van der Waals surface area contributed by atoms with E-state index in [0.29, 0.717) is 18.5 Å². The molecule has 0 aliphatic carbocycles. The topological polar surface area (TPSA) is 157 Å². The molecule has 0 radical (unpaired) electrons.